The maximum Gasteiger partial charge on any atom is 0.338 e. The number of fused-ring (bicyclic) bond motifs is 2. The highest BCUT2D eigenvalue weighted by atomic mass is 16.6. The van der Waals surface area contributed by atoms with E-state index in [0.717, 1.165) is 32.4 Å². The van der Waals surface area contributed by atoms with Crippen LogP contribution in [0.15, 0.2) is 24.3 Å². The average molecular weight is 628 g/mol. The summed E-state index contributed by atoms with van der Waals surface area (Å²) >= 11 is 0. The minimum atomic E-state index is -0.947. The summed E-state index contributed by atoms with van der Waals surface area (Å²) < 4.78 is 44.1. The number of ether oxygens (including phenoxy) is 7. The Bertz CT molecular complexity index is 1310. The van der Waals surface area contributed by atoms with Gasteiger partial charge in [0.05, 0.1) is 37.6 Å². The van der Waals surface area contributed by atoms with E-state index in [2.05, 4.69) is 11.8 Å². The molecule has 0 aromatic heterocycles. The van der Waals surface area contributed by atoms with Crippen molar-refractivity contribution in [2.75, 3.05) is 55.2 Å². The van der Waals surface area contributed by atoms with E-state index in [-0.39, 0.29) is 70.7 Å². The fourth-order valence-electron chi connectivity index (χ4n) is 12.4. The summed E-state index contributed by atoms with van der Waals surface area (Å²) in [6.45, 7) is 6.11. The summed E-state index contributed by atoms with van der Waals surface area (Å²) in [7, 11) is 8.77. The predicted octanol–water partition coefficient (Wildman–Crippen LogP) is 3.60. The smallest absolute Gasteiger partial charge is 0.338 e. The number of hydrogen-bond donors (Lipinski definition) is 0. The minimum absolute atomic E-state index is 0.0203. The molecule has 13 atom stereocenters. The topological polar surface area (TPSA) is 102 Å². The van der Waals surface area contributed by atoms with E-state index in [1.54, 1.807) is 45.6 Å². The molecular formula is C35H49NO9. The maximum atomic E-state index is 13.8. The zero-order valence-corrected chi connectivity index (χ0v) is 27.7. The molecule has 0 unspecified atom stereocenters. The molecule has 1 aliphatic heterocycles. The number of likely N-dealkylation sites (tertiary alicyclic amines) is 1. The van der Waals surface area contributed by atoms with Crippen molar-refractivity contribution >= 4 is 11.9 Å². The molecular weight excluding hydrogens is 578 g/mol. The molecule has 0 radical (unpaired) electrons. The number of rotatable bonds is 10. The molecule has 1 aromatic carbocycles. The van der Waals surface area contributed by atoms with Crippen molar-refractivity contribution in [1.82, 2.24) is 4.90 Å². The number of carbonyl (C=O) groups excluding carboxylic acids is 2. The summed E-state index contributed by atoms with van der Waals surface area (Å²) in [5.41, 5.74) is -0.937. The van der Waals surface area contributed by atoms with Crippen LogP contribution in [0.2, 0.25) is 0 Å². The number of methoxy groups -OCH3 is 5. The third-order valence-electron chi connectivity index (χ3n) is 13.2. The van der Waals surface area contributed by atoms with Crippen LogP contribution in [-0.4, -0.2) is 108 Å². The molecule has 7 bridgehead atoms. The number of carbonyl (C=O) groups is 2. The third kappa shape index (κ3) is 3.98. The fourth-order valence-corrected chi connectivity index (χ4v) is 12.4. The van der Waals surface area contributed by atoms with Gasteiger partial charge in [0.15, 0.2) is 0 Å². The van der Waals surface area contributed by atoms with Crippen molar-refractivity contribution in [2.45, 2.75) is 75.6 Å². The normalized spacial score (nSPS) is 45.7. The largest absolute Gasteiger partial charge is 0.497 e. The minimum Gasteiger partial charge on any atom is -0.497 e. The van der Waals surface area contributed by atoms with E-state index in [4.69, 9.17) is 33.2 Å². The monoisotopic (exact) mass is 627 g/mol. The van der Waals surface area contributed by atoms with Crippen LogP contribution in [0.3, 0.4) is 0 Å². The van der Waals surface area contributed by atoms with Crippen LogP contribution in [-0.2, 0) is 33.2 Å². The molecule has 5 saturated carbocycles. The summed E-state index contributed by atoms with van der Waals surface area (Å²) in [5, 5.41) is 0. The standard InChI is InChI=1S/C35H49NO9/c1-8-36-17-33(18-39-3)14-13-25(42-6)35-23-15-22-24(41-5)16-34(45-19(2)37,27(31(35)36)29(43-7)30(33)35)26(23)28(22)44-32(38)20-9-11-21(40-4)12-10-20/h9-12,22-31H,8,13-18H2,1-7H3/t22-,23-,24+,25+,26-,27+,28+,29+,30-,31-,33+,34-,35+/m1/s1. The molecule has 7 rings (SSSR count). The van der Waals surface area contributed by atoms with Gasteiger partial charge in [-0.1, -0.05) is 6.92 Å². The second kappa shape index (κ2) is 11.2. The summed E-state index contributed by atoms with van der Waals surface area (Å²) in [4.78, 5) is 29.7. The van der Waals surface area contributed by atoms with E-state index in [9.17, 15) is 9.59 Å². The maximum absolute atomic E-state index is 13.8. The SMILES string of the molecule is CCN1C[C@]2(COC)CC[C@H](OC)[C@@]34[C@@H]5C[C@H]6[C@H](OC(=O)c7ccc(OC)cc7)[C@@H]5[C@](OC(C)=O)(C[C@@H]6OC)[C@@H]([C@H](OC)[C@H]23)[C@@H]14. The van der Waals surface area contributed by atoms with Crippen molar-refractivity contribution in [3.05, 3.63) is 29.8 Å². The van der Waals surface area contributed by atoms with Gasteiger partial charge in [0.25, 0.3) is 0 Å². The highest BCUT2D eigenvalue weighted by Gasteiger charge is 2.88. The second-order valence-electron chi connectivity index (χ2n) is 14.4. The Balaban J connectivity index is 1.43. The van der Waals surface area contributed by atoms with Gasteiger partial charge in [-0.3, -0.25) is 9.69 Å². The van der Waals surface area contributed by atoms with Gasteiger partial charge in [0.2, 0.25) is 0 Å². The van der Waals surface area contributed by atoms with Crippen LogP contribution in [0.25, 0.3) is 0 Å². The lowest BCUT2D eigenvalue weighted by Gasteiger charge is -2.69. The van der Waals surface area contributed by atoms with Gasteiger partial charge < -0.3 is 33.2 Å². The Morgan fingerprint density at radius 3 is 2.33 bits per heavy atom. The fraction of sp³-hybridized carbons (Fsp3) is 0.771. The molecule has 10 heteroatoms. The first-order valence-corrected chi connectivity index (χ1v) is 16.6. The lowest BCUT2D eigenvalue weighted by Crippen LogP contribution is -2.77. The molecule has 6 fully saturated rings. The van der Waals surface area contributed by atoms with Gasteiger partial charge in [-0.05, 0) is 56.0 Å². The summed E-state index contributed by atoms with van der Waals surface area (Å²) in [6.07, 6.45) is 2.27. The molecule has 1 heterocycles. The zero-order chi connectivity index (χ0) is 31.9. The zero-order valence-electron chi connectivity index (χ0n) is 27.7. The molecule has 248 valence electrons. The van der Waals surface area contributed by atoms with Gasteiger partial charge in [-0.15, -0.1) is 0 Å². The number of piperidine rings is 1. The first-order chi connectivity index (χ1) is 21.7. The van der Waals surface area contributed by atoms with Crippen molar-refractivity contribution < 1.29 is 42.7 Å². The summed E-state index contributed by atoms with van der Waals surface area (Å²) in [6, 6.07) is 7.07. The molecule has 10 nitrogen and oxygen atoms in total. The molecule has 1 saturated heterocycles. The van der Waals surface area contributed by atoms with Crippen LogP contribution >= 0.6 is 0 Å². The third-order valence-corrected chi connectivity index (χ3v) is 13.2. The number of hydrogen-bond acceptors (Lipinski definition) is 10. The Morgan fingerprint density at radius 1 is 0.978 bits per heavy atom. The molecule has 5 aliphatic carbocycles. The number of esters is 2. The van der Waals surface area contributed by atoms with E-state index in [0.29, 0.717) is 24.3 Å². The van der Waals surface area contributed by atoms with E-state index >= 15 is 0 Å². The van der Waals surface area contributed by atoms with Gasteiger partial charge in [0.1, 0.15) is 17.5 Å². The van der Waals surface area contributed by atoms with Gasteiger partial charge in [-0.2, -0.15) is 0 Å². The average Bonchev–Trinajstić information content (AvgIpc) is 3.46. The summed E-state index contributed by atoms with van der Waals surface area (Å²) in [5.74, 6) is -0.299. The van der Waals surface area contributed by atoms with Crippen LogP contribution in [0.4, 0.5) is 0 Å². The highest BCUT2D eigenvalue weighted by molar-refractivity contribution is 5.89. The Kier molecular flexibility index (Phi) is 7.80. The van der Waals surface area contributed by atoms with Crippen molar-refractivity contribution in [1.29, 1.82) is 0 Å². The predicted molar refractivity (Wildman–Crippen MR) is 163 cm³/mol. The van der Waals surface area contributed by atoms with Crippen LogP contribution in [0.5, 0.6) is 5.75 Å². The lowest BCUT2D eigenvalue weighted by molar-refractivity contribution is -0.280. The first kappa shape index (κ1) is 31.4. The molecule has 1 spiro atoms. The molecule has 6 aliphatic rings. The van der Waals surface area contributed by atoms with E-state index < -0.39 is 17.7 Å². The molecule has 45 heavy (non-hydrogen) atoms. The quantitative estimate of drug-likeness (QED) is 0.358. The number of benzene rings is 1. The Morgan fingerprint density at radius 2 is 1.73 bits per heavy atom. The van der Waals surface area contributed by atoms with Gasteiger partial charge in [-0.25, -0.2) is 4.79 Å². The molecule has 1 aromatic rings. The van der Waals surface area contributed by atoms with E-state index in [1.807, 2.05) is 14.2 Å². The van der Waals surface area contributed by atoms with Crippen LogP contribution in [0.1, 0.15) is 49.9 Å². The lowest BCUT2D eigenvalue weighted by atomic mass is 9.43. The molecule has 0 N–H and O–H groups in total. The Labute approximate surface area is 266 Å². The molecule has 0 amide bonds. The number of nitrogens with zero attached hydrogens (tertiary/aromatic N) is 1. The van der Waals surface area contributed by atoms with Crippen molar-refractivity contribution in [2.24, 2.45) is 40.4 Å². The van der Waals surface area contributed by atoms with Crippen molar-refractivity contribution in [3.8, 4) is 5.75 Å². The van der Waals surface area contributed by atoms with Gasteiger partial charge in [0, 0.05) is 88.9 Å². The first-order valence-electron chi connectivity index (χ1n) is 16.6. The van der Waals surface area contributed by atoms with E-state index in [1.165, 1.54) is 6.92 Å². The van der Waals surface area contributed by atoms with Crippen LogP contribution in [0, 0.1) is 40.4 Å². The second-order valence-corrected chi connectivity index (χ2v) is 14.4. The highest BCUT2D eigenvalue weighted by Crippen LogP contribution is 2.80. The van der Waals surface area contributed by atoms with Gasteiger partial charge >= 0.3 is 11.9 Å². The van der Waals surface area contributed by atoms with Crippen LogP contribution < -0.4 is 4.74 Å². The van der Waals surface area contributed by atoms with Crippen molar-refractivity contribution in [3.63, 3.8) is 0 Å². The Hall–Kier alpha value is -2.24.